The van der Waals surface area contributed by atoms with Crippen LogP contribution in [0.1, 0.15) is 66.8 Å². The normalized spacial score (nSPS) is 11.4. The third kappa shape index (κ3) is 6.93. The van der Waals surface area contributed by atoms with E-state index in [0.29, 0.717) is 17.2 Å². The molecule has 4 aromatic rings. The molecule has 0 atom stereocenters. The van der Waals surface area contributed by atoms with Gasteiger partial charge in [0, 0.05) is 31.9 Å². The molecule has 4 rings (SSSR count). The fourth-order valence-corrected chi connectivity index (χ4v) is 9.30. The highest BCUT2D eigenvalue weighted by Crippen LogP contribution is 2.40. The van der Waals surface area contributed by atoms with Crippen LogP contribution in [-0.4, -0.2) is 15.3 Å². The van der Waals surface area contributed by atoms with E-state index >= 15 is 0 Å². The molecule has 0 fully saturated rings. The van der Waals surface area contributed by atoms with Gasteiger partial charge < -0.3 is 15.3 Å². The molecule has 0 amide bonds. The monoisotopic (exact) mass is 618 g/mol. The third-order valence-corrected chi connectivity index (χ3v) is 11.3. The number of aryl methyl sites for hydroxylation is 6. The van der Waals surface area contributed by atoms with E-state index in [2.05, 4.69) is 57.2 Å². The molecule has 0 unspecified atom stereocenters. The lowest BCUT2D eigenvalue weighted by atomic mass is 9.90. The lowest BCUT2D eigenvalue weighted by Gasteiger charge is -2.23. The fraction of sp³-hybridized carbons (Fsp3) is 0.333. The summed E-state index contributed by atoms with van der Waals surface area (Å²) in [5.41, 5.74) is 13.6. The van der Waals surface area contributed by atoms with Crippen molar-refractivity contribution >= 4 is 35.3 Å². The molecule has 42 heavy (non-hydrogen) atoms. The summed E-state index contributed by atoms with van der Waals surface area (Å²) in [4.78, 5) is 3.50. The first kappa shape index (κ1) is 32.2. The SMILES string of the molecule is Cc1cc(SCc2c(C)c(CSc3cc(C)c(O)c(C)c3)c(C)c(CSc3cc(C)c(O)c(C)c3)c2C)cc(C)c1O. The van der Waals surface area contributed by atoms with Crippen LogP contribution >= 0.6 is 35.3 Å². The molecule has 3 nitrogen and oxygen atoms in total. The van der Waals surface area contributed by atoms with Gasteiger partial charge in [0.25, 0.3) is 0 Å². The Morgan fingerprint density at radius 1 is 0.381 bits per heavy atom. The predicted octanol–water partition coefficient (Wildman–Crippen LogP) is 10.5. The Hall–Kier alpha value is -2.67. The van der Waals surface area contributed by atoms with E-state index in [1.54, 1.807) is 0 Å². The van der Waals surface area contributed by atoms with Gasteiger partial charge in [0.05, 0.1) is 0 Å². The second kappa shape index (κ2) is 13.3. The highest BCUT2D eigenvalue weighted by molar-refractivity contribution is 7.99. The van der Waals surface area contributed by atoms with Gasteiger partial charge in [-0.15, -0.1) is 35.3 Å². The largest absolute Gasteiger partial charge is 0.507 e. The highest BCUT2D eigenvalue weighted by Gasteiger charge is 2.19. The summed E-state index contributed by atoms with van der Waals surface area (Å²) in [6, 6.07) is 12.4. The first-order valence-electron chi connectivity index (χ1n) is 14.2. The van der Waals surface area contributed by atoms with Gasteiger partial charge in [-0.3, -0.25) is 0 Å². The molecule has 4 aromatic carbocycles. The van der Waals surface area contributed by atoms with E-state index in [1.165, 1.54) is 48.1 Å². The lowest BCUT2D eigenvalue weighted by Crippen LogP contribution is -2.06. The van der Waals surface area contributed by atoms with Crippen LogP contribution in [0.4, 0.5) is 0 Å². The molecule has 0 aliphatic carbocycles. The van der Waals surface area contributed by atoms with Crippen molar-refractivity contribution < 1.29 is 15.3 Å². The van der Waals surface area contributed by atoms with Crippen LogP contribution in [0.2, 0.25) is 0 Å². The van der Waals surface area contributed by atoms with Crippen LogP contribution in [0.5, 0.6) is 17.2 Å². The average Bonchev–Trinajstić information content (AvgIpc) is 2.92. The topological polar surface area (TPSA) is 60.7 Å². The molecular weight excluding hydrogens is 577 g/mol. The Morgan fingerprint density at radius 3 is 0.762 bits per heavy atom. The Balaban J connectivity index is 1.71. The zero-order valence-corrected chi connectivity index (χ0v) is 28.6. The maximum atomic E-state index is 10.3. The van der Waals surface area contributed by atoms with E-state index < -0.39 is 0 Å². The fourth-order valence-electron chi connectivity index (χ4n) is 5.50. The van der Waals surface area contributed by atoms with Gasteiger partial charge >= 0.3 is 0 Å². The number of thioether (sulfide) groups is 3. The Morgan fingerprint density at radius 2 is 0.571 bits per heavy atom. The molecule has 0 aliphatic rings. The quantitative estimate of drug-likeness (QED) is 0.162. The molecular formula is C36H42O3S3. The number of hydrogen-bond acceptors (Lipinski definition) is 6. The van der Waals surface area contributed by atoms with Crippen LogP contribution in [-0.2, 0) is 17.3 Å². The van der Waals surface area contributed by atoms with E-state index in [1.807, 2.05) is 76.8 Å². The van der Waals surface area contributed by atoms with Crippen molar-refractivity contribution in [2.45, 2.75) is 94.3 Å². The van der Waals surface area contributed by atoms with Crippen molar-refractivity contribution in [1.29, 1.82) is 0 Å². The van der Waals surface area contributed by atoms with Gasteiger partial charge in [-0.05, 0) is 165 Å². The molecule has 0 heterocycles. The maximum Gasteiger partial charge on any atom is 0.121 e. The maximum absolute atomic E-state index is 10.3. The summed E-state index contributed by atoms with van der Waals surface area (Å²) in [7, 11) is 0. The number of phenols is 3. The summed E-state index contributed by atoms with van der Waals surface area (Å²) in [5, 5.41) is 30.8. The van der Waals surface area contributed by atoms with Crippen molar-refractivity contribution in [3.63, 3.8) is 0 Å². The molecule has 0 saturated heterocycles. The molecule has 0 bridgehead atoms. The van der Waals surface area contributed by atoms with Crippen molar-refractivity contribution in [2.75, 3.05) is 0 Å². The molecule has 0 radical (unpaired) electrons. The second-order valence-electron chi connectivity index (χ2n) is 11.4. The average molecular weight is 619 g/mol. The predicted molar refractivity (Wildman–Crippen MR) is 182 cm³/mol. The van der Waals surface area contributed by atoms with Crippen LogP contribution in [0.25, 0.3) is 0 Å². The van der Waals surface area contributed by atoms with Crippen molar-refractivity contribution in [3.8, 4) is 17.2 Å². The lowest BCUT2D eigenvalue weighted by molar-refractivity contribution is 0.466. The van der Waals surface area contributed by atoms with Gasteiger partial charge in [-0.1, -0.05) is 0 Å². The van der Waals surface area contributed by atoms with Gasteiger partial charge in [0.1, 0.15) is 17.2 Å². The highest BCUT2D eigenvalue weighted by atomic mass is 32.2. The number of benzene rings is 4. The zero-order chi connectivity index (χ0) is 30.9. The molecule has 3 N–H and O–H groups in total. The smallest absolute Gasteiger partial charge is 0.121 e. The minimum absolute atomic E-state index is 0.375. The molecule has 0 aliphatic heterocycles. The van der Waals surface area contributed by atoms with Gasteiger partial charge in [0.2, 0.25) is 0 Å². The van der Waals surface area contributed by atoms with Gasteiger partial charge in [-0.2, -0.15) is 0 Å². The number of aromatic hydroxyl groups is 3. The summed E-state index contributed by atoms with van der Waals surface area (Å²) in [6.45, 7) is 18.5. The molecule has 0 spiro atoms. The molecule has 6 heteroatoms. The van der Waals surface area contributed by atoms with Crippen molar-refractivity contribution in [1.82, 2.24) is 0 Å². The standard InChI is InChI=1S/C36H42O3S3/c1-19-10-28(11-20(2)34(19)37)40-16-31-25(7)32(17-41-29-12-21(3)35(38)22(4)13-29)27(9)33(26(31)8)18-42-30-14-23(5)36(39)24(6)15-30/h10-15,37-39H,16-18H2,1-9H3. The Bertz CT molecular complexity index is 1370. The zero-order valence-electron chi connectivity index (χ0n) is 26.2. The summed E-state index contributed by atoms with van der Waals surface area (Å²) >= 11 is 5.47. The van der Waals surface area contributed by atoms with Gasteiger partial charge in [0.15, 0.2) is 0 Å². The Kier molecular flexibility index (Phi) is 10.2. The van der Waals surface area contributed by atoms with E-state index in [9.17, 15) is 15.3 Å². The molecule has 222 valence electrons. The first-order valence-corrected chi connectivity index (χ1v) is 17.1. The van der Waals surface area contributed by atoms with Crippen LogP contribution in [0.15, 0.2) is 51.1 Å². The van der Waals surface area contributed by atoms with Gasteiger partial charge in [-0.25, -0.2) is 0 Å². The van der Waals surface area contributed by atoms with Crippen LogP contribution in [0.3, 0.4) is 0 Å². The summed E-state index contributed by atoms with van der Waals surface area (Å²) in [5.74, 6) is 3.68. The minimum atomic E-state index is 0.375. The summed E-state index contributed by atoms with van der Waals surface area (Å²) in [6.07, 6.45) is 0. The number of hydrogen-bond donors (Lipinski definition) is 3. The Labute approximate surface area is 264 Å². The number of rotatable bonds is 9. The molecule has 0 saturated carbocycles. The van der Waals surface area contributed by atoms with Crippen molar-refractivity contribution in [2.24, 2.45) is 0 Å². The second-order valence-corrected chi connectivity index (χ2v) is 14.5. The number of phenolic OH excluding ortho intramolecular Hbond substituents is 3. The van der Waals surface area contributed by atoms with Crippen LogP contribution in [0, 0.1) is 62.3 Å². The van der Waals surface area contributed by atoms with E-state index in [0.717, 1.165) is 50.6 Å². The first-order chi connectivity index (χ1) is 19.8. The third-order valence-electron chi connectivity index (χ3n) is 8.26. The minimum Gasteiger partial charge on any atom is -0.507 e. The van der Waals surface area contributed by atoms with Crippen molar-refractivity contribution in [3.05, 3.63) is 103 Å². The van der Waals surface area contributed by atoms with Crippen LogP contribution < -0.4 is 0 Å². The molecule has 0 aromatic heterocycles. The van der Waals surface area contributed by atoms with E-state index in [-0.39, 0.29) is 0 Å². The summed E-state index contributed by atoms with van der Waals surface area (Å²) < 4.78 is 0. The van der Waals surface area contributed by atoms with E-state index in [4.69, 9.17) is 0 Å².